The maximum atomic E-state index is 12.9. The molecule has 0 spiro atoms. The largest absolute Gasteiger partial charge is 0.477 e. The number of carbonyl (C=O) groups is 2. The summed E-state index contributed by atoms with van der Waals surface area (Å²) in [6.45, 7) is 0.304. The predicted molar refractivity (Wildman–Crippen MR) is 92.2 cm³/mol. The highest BCUT2D eigenvalue weighted by molar-refractivity contribution is 5.94. The number of nitrogens with one attached hydrogen (secondary N) is 2. The molecule has 0 fully saturated rings. The molecule has 7 heteroatoms. The van der Waals surface area contributed by atoms with Gasteiger partial charge in [0.25, 0.3) is 5.91 Å². The maximum absolute atomic E-state index is 12.9. The van der Waals surface area contributed by atoms with Gasteiger partial charge in [0.05, 0.1) is 18.8 Å². The van der Waals surface area contributed by atoms with E-state index in [2.05, 4.69) is 10.6 Å². The van der Waals surface area contributed by atoms with Crippen molar-refractivity contribution in [1.82, 2.24) is 5.32 Å². The Morgan fingerprint density at radius 2 is 1.92 bits per heavy atom. The summed E-state index contributed by atoms with van der Waals surface area (Å²) in [4.78, 5) is 26.1. The van der Waals surface area contributed by atoms with Crippen molar-refractivity contribution in [2.75, 3.05) is 30.4 Å². The van der Waals surface area contributed by atoms with Crippen molar-refractivity contribution < 1.29 is 18.7 Å². The topological polar surface area (TPSA) is 70.7 Å². The summed E-state index contributed by atoms with van der Waals surface area (Å²) in [5, 5.41) is 5.27. The molecule has 1 atom stereocenters. The highest BCUT2D eigenvalue weighted by Crippen LogP contribution is 2.32. The Kier molecular flexibility index (Phi) is 4.83. The van der Waals surface area contributed by atoms with E-state index in [4.69, 9.17) is 4.74 Å². The Hall–Kier alpha value is -3.09. The molecular formula is C18H18FN3O3. The Labute approximate surface area is 144 Å². The molecule has 1 aliphatic heterocycles. The van der Waals surface area contributed by atoms with Crippen LogP contribution in [0, 0.1) is 5.82 Å². The number of amides is 2. The van der Waals surface area contributed by atoms with Gasteiger partial charge in [-0.3, -0.25) is 9.59 Å². The van der Waals surface area contributed by atoms with Crippen LogP contribution in [0.2, 0.25) is 0 Å². The fourth-order valence-corrected chi connectivity index (χ4v) is 2.66. The van der Waals surface area contributed by atoms with Crippen LogP contribution in [0.3, 0.4) is 0 Å². The first-order chi connectivity index (χ1) is 12.1. The minimum absolute atomic E-state index is 0.0469. The molecule has 0 saturated heterocycles. The van der Waals surface area contributed by atoms with Gasteiger partial charge in [0.2, 0.25) is 5.91 Å². The third-order valence-corrected chi connectivity index (χ3v) is 3.86. The van der Waals surface area contributed by atoms with Crippen molar-refractivity contribution >= 4 is 23.2 Å². The Bertz CT molecular complexity index is 779. The standard InChI is InChI=1S/C18H18FN3O3/c1-20-18(24)16-10-22(14-4-2-3-5-15(14)25-16)11-17(23)21-13-8-6-12(19)7-9-13/h2-9,16H,10-11H2,1H3,(H,20,24)(H,21,23)/t16-/m1/s1. The van der Waals surface area contributed by atoms with Gasteiger partial charge >= 0.3 is 0 Å². The molecule has 0 aliphatic carbocycles. The van der Waals surface area contributed by atoms with Crippen LogP contribution in [-0.4, -0.2) is 38.1 Å². The third kappa shape index (κ3) is 3.88. The Balaban J connectivity index is 1.74. The number of carbonyl (C=O) groups excluding carboxylic acids is 2. The molecule has 0 aromatic heterocycles. The van der Waals surface area contributed by atoms with Crippen LogP contribution in [0.1, 0.15) is 0 Å². The van der Waals surface area contributed by atoms with Crippen LogP contribution in [0.4, 0.5) is 15.8 Å². The van der Waals surface area contributed by atoms with Crippen molar-refractivity contribution in [3.8, 4) is 5.75 Å². The first-order valence-corrected chi connectivity index (χ1v) is 7.84. The van der Waals surface area contributed by atoms with Crippen molar-refractivity contribution in [2.45, 2.75) is 6.10 Å². The molecule has 0 unspecified atom stereocenters. The van der Waals surface area contributed by atoms with Crippen LogP contribution >= 0.6 is 0 Å². The summed E-state index contributed by atoms with van der Waals surface area (Å²) in [6, 6.07) is 12.8. The zero-order valence-corrected chi connectivity index (χ0v) is 13.7. The van der Waals surface area contributed by atoms with Crippen molar-refractivity contribution in [1.29, 1.82) is 0 Å². The van der Waals surface area contributed by atoms with Crippen LogP contribution in [0.25, 0.3) is 0 Å². The minimum Gasteiger partial charge on any atom is -0.477 e. The van der Waals surface area contributed by atoms with Crippen molar-refractivity contribution in [2.24, 2.45) is 0 Å². The second kappa shape index (κ2) is 7.21. The number of fused-ring (bicyclic) bond motifs is 1. The molecule has 1 heterocycles. The van der Waals surface area contributed by atoms with Gasteiger partial charge in [0, 0.05) is 12.7 Å². The van der Waals surface area contributed by atoms with E-state index >= 15 is 0 Å². The average Bonchev–Trinajstić information content (AvgIpc) is 2.62. The highest BCUT2D eigenvalue weighted by atomic mass is 19.1. The SMILES string of the molecule is CNC(=O)[C@H]1CN(CC(=O)Nc2ccc(F)cc2)c2ccccc2O1. The summed E-state index contributed by atoms with van der Waals surface area (Å²) in [7, 11) is 1.54. The lowest BCUT2D eigenvalue weighted by Crippen LogP contribution is -2.50. The monoisotopic (exact) mass is 343 g/mol. The molecular weight excluding hydrogens is 325 g/mol. The molecule has 2 N–H and O–H groups in total. The van der Waals surface area contributed by atoms with E-state index in [9.17, 15) is 14.0 Å². The van der Waals surface area contributed by atoms with Crippen molar-refractivity contribution in [3.05, 3.63) is 54.3 Å². The van der Waals surface area contributed by atoms with E-state index < -0.39 is 6.10 Å². The highest BCUT2D eigenvalue weighted by Gasteiger charge is 2.30. The lowest BCUT2D eigenvalue weighted by atomic mass is 10.1. The van der Waals surface area contributed by atoms with Crippen LogP contribution in [0.15, 0.2) is 48.5 Å². The summed E-state index contributed by atoms with van der Waals surface area (Å²) < 4.78 is 18.6. The third-order valence-electron chi connectivity index (χ3n) is 3.86. The van der Waals surface area contributed by atoms with Crippen molar-refractivity contribution in [3.63, 3.8) is 0 Å². The second-order valence-corrected chi connectivity index (χ2v) is 5.62. The van der Waals surface area contributed by atoms with Crippen LogP contribution < -0.4 is 20.3 Å². The van der Waals surface area contributed by atoms with Gasteiger partial charge in [-0.05, 0) is 36.4 Å². The zero-order chi connectivity index (χ0) is 17.8. The van der Waals surface area contributed by atoms with Gasteiger partial charge in [-0.15, -0.1) is 0 Å². The number of hydrogen-bond donors (Lipinski definition) is 2. The zero-order valence-electron chi connectivity index (χ0n) is 13.7. The fourth-order valence-electron chi connectivity index (χ4n) is 2.66. The molecule has 130 valence electrons. The summed E-state index contributed by atoms with van der Waals surface area (Å²) in [6.07, 6.45) is -0.696. The summed E-state index contributed by atoms with van der Waals surface area (Å²) in [5.41, 5.74) is 1.26. The lowest BCUT2D eigenvalue weighted by molar-refractivity contribution is -0.127. The van der Waals surface area contributed by atoms with Gasteiger partial charge < -0.3 is 20.3 Å². The number of hydrogen-bond acceptors (Lipinski definition) is 4. The van der Waals surface area contributed by atoms with E-state index in [1.165, 1.54) is 31.3 Å². The number of likely N-dealkylation sites (N-methyl/N-ethyl adjacent to an activating group) is 1. The molecule has 0 bridgehead atoms. The first kappa shape index (κ1) is 16.8. The number of nitrogens with zero attached hydrogens (tertiary/aromatic N) is 1. The van der Waals surface area contributed by atoms with Gasteiger partial charge in [0.15, 0.2) is 6.10 Å². The van der Waals surface area contributed by atoms with Crippen LogP contribution in [0.5, 0.6) is 5.75 Å². The molecule has 2 aromatic rings. The van der Waals surface area contributed by atoms with E-state index in [1.807, 2.05) is 18.2 Å². The van der Waals surface area contributed by atoms with E-state index in [-0.39, 0.29) is 30.7 Å². The van der Waals surface area contributed by atoms with E-state index in [0.29, 0.717) is 11.4 Å². The molecule has 0 radical (unpaired) electrons. The predicted octanol–water partition coefficient (Wildman–Crippen LogP) is 1.78. The van der Waals surface area contributed by atoms with E-state index in [0.717, 1.165) is 5.69 Å². The number of benzene rings is 2. The second-order valence-electron chi connectivity index (χ2n) is 5.62. The first-order valence-electron chi connectivity index (χ1n) is 7.84. The quantitative estimate of drug-likeness (QED) is 0.888. The maximum Gasteiger partial charge on any atom is 0.262 e. The summed E-state index contributed by atoms with van der Waals surface area (Å²) in [5.74, 6) is -0.331. The van der Waals surface area contributed by atoms with Crippen LogP contribution in [-0.2, 0) is 9.59 Å². The van der Waals surface area contributed by atoms with Gasteiger partial charge in [-0.1, -0.05) is 12.1 Å². The molecule has 1 aliphatic rings. The molecule has 2 aromatic carbocycles. The number of rotatable bonds is 4. The molecule has 3 rings (SSSR count). The molecule has 2 amide bonds. The minimum atomic E-state index is -0.696. The molecule has 6 nitrogen and oxygen atoms in total. The van der Waals surface area contributed by atoms with Gasteiger partial charge in [0.1, 0.15) is 11.6 Å². The normalized spacial score (nSPS) is 15.8. The Morgan fingerprint density at radius 3 is 2.64 bits per heavy atom. The van der Waals surface area contributed by atoms with Gasteiger partial charge in [-0.2, -0.15) is 0 Å². The lowest BCUT2D eigenvalue weighted by Gasteiger charge is -2.34. The number of para-hydroxylation sites is 2. The summed E-state index contributed by atoms with van der Waals surface area (Å²) >= 11 is 0. The molecule has 25 heavy (non-hydrogen) atoms. The molecule has 0 saturated carbocycles. The van der Waals surface area contributed by atoms with E-state index in [1.54, 1.807) is 11.0 Å². The van der Waals surface area contributed by atoms with Gasteiger partial charge in [-0.25, -0.2) is 4.39 Å². The average molecular weight is 343 g/mol. The smallest absolute Gasteiger partial charge is 0.262 e. The number of anilines is 2. The number of halogens is 1. The fraction of sp³-hybridized carbons (Fsp3) is 0.222. The Morgan fingerprint density at radius 1 is 1.20 bits per heavy atom. The number of ether oxygens (including phenoxy) is 1.